The van der Waals surface area contributed by atoms with Gasteiger partial charge < -0.3 is 21.1 Å². The topological polar surface area (TPSA) is 108 Å². The van der Waals surface area contributed by atoms with Crippen molar-refractivity contribution < 1.29 is 23.9 Å². The number of amides is 3. The van der Waals surface area contributed by atoms with Crippen LogP contribution < -0.4 is 16.0 Å². The number of carboxylic acids is 1. The molecule has 0 heterocycles. The fourth-order valence-electron chi connectivity index (χ4n) is 2.36. The maximum Gasteiger partial charge on any atom is 0.326 e. The predicted octanol–water partition coefficient (Wildman–Crippen LogP) is 3.49. The second kappa shape index (κ2) is 9.68. The standard InChI is InChI=1S/C18H25BrFN3O4/c1-5-6-13(15(24)23-14(16(25)26)18(2,3)4)22-17(27)21-12-8-7-10(19)9-11(12)20/h7-9,13-14H,5-6H2,1-4H3,(H,23,24)(H,25,26)(H2,21,22,27). The van der Waals surface area contributed by atoms with Crippen LogP contribution in [0, 0.1) is 11.2 Å². The lowest BCUT2D eigenvalue weighted by Crippen LogP contribution is -2.55. The molecule has 0 saturated heterocycles. The van der Waals surface area contributed by atoms with Gasteiger partial charge in [-0.05, 0) is 30.0 Å². The molecule has 150 valence electrons. The van der Waals surface area contributed by atoms with Gasteiger partial charge in [-0.15, -0.1) is 0 Å². The molecule has 0 saturated carbocycles. The quantitative estimate of drug-likeness (QED) is 0.514. The zero-order valence-electron chi connectivity index (χ0n) is 15.7. The van der Waals surface area contributed by atoms with Crippen molar-refractivity contribution in [2.45, 2.75) is 52.6 Å². The maximum absolute atomic E-state index is 13.8. The summed E-state index contributed by atoms with van der Waals surface area (Å²) in [5.74, 6) is -2.40. The first-order chi connectivity index (χ1) is 12.5. The highest BCUT2D eigenvalue weighted by Crippen LogP contribution is 2.20. The minimum atomic E-state index is -1.16. The van der Waals surface area contributed by atoms with E-state index in [1.807, 2.05) is 6.92 Å². The summed E-state index contributed by atoms with van der Waals surface area (Å²) >= 11 is 3.12. The summed E-state index contributed by atoms with van der Waals surface area (Å²) in [7, 11) is 0. The van der Waals surface area contributed by atoms with E-state index in [1.54, 1.807) is 26.8 Å². The van der Waals surface area contributed by atoms with Crippen LogP contribution >= 0.6 is 15.9 Å². The second-order valence-corrected chi connectivity index (χ2v) is 8.13. The molecule has 2 atom stereocenters. The van der Waals surface area contributed by atoms with Gasteiger partial charge in [0.1, 0.15) is 17.9 Å². The number of carboxylic acid groups (broad SMARTS) is 1. The van der Waals surface area contributed by atoms with Crippen LogP contribution in [0.15, 0.2) is 22.7 Å². The SMILES string of the molecule is CCCC(NC(=O)Nc1ccc(Br)cc1F)C(=O)NC(C(=O)O)C(C)(C)C. The van der Waals surface area contributed by atoms with Gasteiger partial charge in [-0.1, -0.05) is 50.0 Å². The number of urea groups is 1. The Bertz CT molecular complexity index is 706. The Kier molecular flexibility index (Phi) is 8.20. The van der Waals surface area contributed by atoms with Gasteiger partial charge in [0.2, 0.25) is 5.91 Å². The van der Waals surface area contributed by atoms with Gasteiger partial charge in [-0.3, -0.25) is 4.79 Å². The summed E-state index contributed by atoms with van der Waals surface area (Å²) in [4.78, 5) is 36.1. The summed E-state index contributed by atoms with van der Waals surface area (Å²) in [5.41, 5.74) is -0.745. The number of hydrogen-bond acceptors (Lipinski definition) is 3. The molecule has 27 heavy (non-hydrogen) atoms. The van der Waals surface area contributed by atoms with Crippen molar-refractivity contribution in [2.75, 3.05) is 5.32 Å². The van der Waals surface area contributed by atoms with Gasteiger partial charge in [-0.25, -0.2) is 14.0 Å². The lowest BCUT2D eigenvalue weighted by molar-refractivity contribution is -0.145. The van der Waals surface area contributed by atoms with E-state index in [9.17, 15) is 23.9 Å². The zero-order chi connectivity index (χ0) is 20.8. The maximum atomic E-state index is 13.8. The Hall–Kier alpha value is -2.16. The van der Waals surface area contributed by atoms with Crippen LogP contribution in [0.1, 0.15) is 40.5 Å². The van der Waals surface area contributed by atoms with Crippen LogP contribution in [0.4, 0.5) is 14.9 Å². The highest BCUT2D eigenvalue weighted by atomic mass is 79.9. The lowest BCUT2D eigenvalue weighted by atomic mass is 9.86. The van der Waals surface area contributed by atoms with Crippen LogP contribution in [0.2, 0.25) is 0 Å². The first kappa shape index (κ1) is 22.9. The summed E-state index contributed by atoms with van der Waals surface area (Å²) in [5, 5.41) is 16.6. The molecule has 2 unspecified atom stereocenters. The average molecular weight is 446 g/mol. The minimum Gasteiger partial charge on any atom is -0.480 e. The number of aliphatic carboxylic acids is 1. The van der Waals surface area contributed by atoms with E-state index in [0.717, 1.165) is 0 Å². The molecule has 0 aliphatic carbocycles. The minimum absolute atomic E-state index is 0.0375. The summed E-state index contributed by atoms with van der Waals surface area (Å²) < 4.78 is 14.4. The molecule has 1 aromatic carbocycles. The molecule has 0 bridgehead atoms. The van der Waals surface area contributed by atoms with E-state index in [0.29, 0.717) is 17.3 Å². The van der Waals surface area contributed by atoms with Crippen LogP contribution in [0.25, 0.3) is 0 Å². The number of carbonyl (C=O) groups is 3. The molecule has 0 radical (unpaired) electrons. The molecule has 9 heteroatoms. The van der Waals surface area contributed by atoms with Crippen molar-refractivity contribution in [3.63, 3.8) is 0 Å². The summed E-state index contributed by atoms with van der Waals surface area (Å²) in [6, 6.07) is 1.33. The number of nitrogens with one attached hydrogen (secondary N) is 3. The lowest BCUT2D eigenvalue weighted by Gasteiger charge is -2.29. The summed E-state index contributed by atoms with van der Waals surface area (Å²) in [6.45, 7) is 6.90. The smallest absolute Gasteiger partial charge is 0.326 e. The van der Waals surface area contributed by atoms with Gasteiger partial charge in [0.05, 0.1) is 5.69 Å². The highest BCUT2D eigenvalue weighted by Gasteiger charge is 2.34. The molecule has 1 rings (SSSR count). The Morgan fingerprint density at radius 3 is 2.33 bits per heavy atom. The van der Waals surface area contributed by atoms with Crippen molar-refractivity contribution in [2.24, 2.45) is 5.41 Å². The van der Waals surface area contributed by atoms with E-state index in [-0.39, 0.29) is 5.69 Å². The third-order valence-electron chi connectivity index (χ3n) is 3.78. The van der Waals surface area contributed by atoms with E-state index in [1.165, 1.54) is 12.1 Å². The molecule has 3 amide bonds. The van der Waals surface area contributed by atoms with E-state index in [2.05, 4.69) is 31.9 Å². The van der Waals surface area contributed by atoms with Crippen molar-refractivity contribution in [3.05, 3.63) is 28.5 Å². The molecular formula is C18H25BrFN3O4. The molecule has 1 aromatic rings. The van der Waals surface area contributed by atoms with E-state index in [4.69, 9.17) is 0 Å². The van der Waals surface area contributed by atoms with Crippen molar-refractivity contribution in [1.82, 2.24) is 10.6 Å². The first-order valence-electron chi connectivity index (χ1n) is 8.51. The molecule has 0 aromatic heterocycles. The molecule has 0 aliphatic rings. The van der Waals surface area contributed by atoms with Crippen LogP contribution in [0.3, 0.4) is 0 Å². The molecular weight excluding hydrogens is 421 g/mol. The van der Waals surface area contributed by atoms with Crippen LogP contribution in [-0.4, -0.2) is 35.1 Å². The Morgan fingerprint density at radius 1 is 1.22 bits per heavy atom. The molecule has 0 spiro atoms. The molecule has 7 nitrogen and oxygen atoms in total. The molecule has 0 fully saturated rings. The number of hydrogen-bond donors (Lipinski definition) is 4. The third-order valence-corrected chi connectivity index (χ3v) is 4.27. The van der Waals surface area contributed by atoms with Crippen LogP contribution in [0.5, 0.6) is 0 Å². The van der Waals surface area contributed by atoms with Gasteiger partial charge >= 0.3 is 12.0 Å². The van der Waals surface area contributed by atoms with Gasteiger partial charge in [0.25, 0.3) is 0 Å². The molecule has 4 N–H and O–H groups in total. The van der Waals surface area contributed by atoms with Crippen molar-refractivity contribution in [3.8, 4) is 0 Å². The predicted molar refractivity (Wildman–Crippen MR) is 104 cm³/mol. The van der Waals surface area contributed by atoms with E-state index < -0.39 is 41.2 Å². The van der Waals surface area contributed by atoms with E-state index >= 15 is 0 Å². The van der Waals surface area contributed by atoms with Gasteiger partial charge in [0.15, 0.2) is 0 Å². The molecule has 0 aliphatic heterocycles. The summed E-state index contributed by atoms with van der Waals surface area (Å²) in [6.07, 6.45) is 0.886. The Morgan fingerprint density at radius 2 is 1.85 bits per heavy atom. The van der Waals surface area contributed by atoms with Gasteiger partial charge in [0, 0.05) is 4.47 Å². The Labute approximate surface area is 166 Å². The normalized spacial score (nSPS) is 13.4. The largest absolute Gasteiger partial charge is 0.480 e. The fraction of sp³-hybridized carbons (Fsp3) is 0.500. The van der Waals surface area contributed by atoms with Crippen molar-refractivity contribution >= 4 is 39.5 Å². The van der Waals surface area contributed by atoms with Crippen LogP contribution in [-0.2, 0) is 9.59 Å². The highest BCUT2D eigenvalue weighted by molar-refractivity contribution is 9.10. The monoisotopic (exact) mass is 445 g/mol. The third kappa shape index (κ3) is 7.16. The number of halogens is 2. The average Bonchev–Trinajstić information content (AvgIpc) is 2.53. The van der Waals surface area contributed by atoms with Gasteiger partial charge in [-0.2, -0.15) is 0 Å². The zero-order valence-corrected chi connectivity index (χ0v) is 17.3. The van der Waals surface area contributed by atoms with Crippen molar-refractivity contribution in [1.29, 1.82) is 0 Å². The number of carbonyl (C=O) groups excluding carboxylic acids is 2. The number of anilines is 1. The fourth-order valence-corrected chi connectivity index (χ4v) is 2.69. The second-order valence-electron chi connectivity index (χ2n) is 7.21. The number of rotatable bonds is 7. The number of benzene rings is 1. The Balaban J connectivity index is 2.83. The first-order valence-corrected chi connectivity index (χ1v) is 9.30.